The van der Waals surface area contributed by atoms with Crippen LogP contribution in [0.5, 0.6) is 0 Å². The minimum absolute atomic E-state index is 0.113. The number of nitrogens with one attached hydrogen (secondary N) is 1. The van der Waals surface area contributed by atoms with Crippen LogP contribution < -0.4 is 4.89 Å². The van der Waals surface area contributed by atoms with Gasteiger partial charge in [0.1, 0.15) is 0 Å². The lowest BCUT2D eigenvalue weighted by atomic mass is 9.87. The van der Waals surface area contributed by atoms with Crippen molar-refractivity contribution in [3.8, 4) is 0 Å². The largest absolute Gasteiger partial charge is 0.302 e. The molecule has 0 aromatic heterocycles. The molecule has 0 amide bonds. The van der Waals surface area contributed by atoms with Gasteiger partial charge < -0.3 is 5.21 Å². The third-order valence-corrected chi connectivity index (χ3v) is 3.72. The summed E-state index contributed by atoms with van der Waals surface area (Å²) >= 11 is 0. The predicted octanol–water partition coefficient (Wildman–Crippen LogP) is 1.96. The van der Waals surface area contributed by atoms with E-state index in [1.165, 1.54) is 4.89 Å². The molecule has 2 N–H and O–H groups in total. The summed E-state index contributed by atoms with van der Waals surface area (Å²) in [5.74, 6) is 0. The number of aryl methyl sites for hydroxylation is 1. The molecule has 0 saturated heterocycles. The Kier molecular flexibility index (Phi) is 3.42. The van der Waals surface area contributed by atoms with Gasteiger partial charge in [-0.3, -0.25) is 0 Å². The minimum atomic E-state index is -3.81. The van der Waals surface area contributed by atoms with Gasteiger partial charge in [0.2, 0.25) is 0 Å². The van der Waals surface area contributed by atoms with Crippen molar-refractivity contribution >= 4 is 10.0 Å². The van der Waals surface area contributed by atoms with Crippen molar-refractivity contribution < 1.29 is 13.6 Å². The second kappa shape index (κ2) is 4.16. The highest BCUT2D eigenvalue weighted by molar-refractivity contribution is 7.89. The Labute approximate surface area is 96.3 Å². The quantitative estimate of drug-likeness (QED) is 0.780. The molecule has 1 aromatic rings. The molecule has 0 bridgehead atoms. The van der Waals surface area contributed by atoms with Crippen molar-refractivity contribution in [1.29, 1.82) is 0 Å². The van der Waals surface area contributed by atoms with Crippen LogP contribution in [0.25, 0.3) is 0 Å². The van der Waals surface area contributed by atoms with Crippen molar-refractivity contribution in [2.75, 3.05) is 0 Å². The van der Waals surface area contributed by atoms with Crippen LogP contribution in [0.15, 0.2) is 23.1 Å². The van der Waals surface area contributed by atoms with E-state index in [1.54, 1.807) is 19.1 Å². The lowest BCUT2D eigenvalue weighted by molar-refractivity contribution is 0.242. The first kappa shape index (κ1) is 13.2. The van der Waals surface area contributed by atoms with E-state index in [1.807, 2.05) is 26.8 Å². The van der Waals surface area contributed by atoms with E-state index < -0.39 is 10.0 Å². The van der Waals surface area contributed by atoms with Gasteiger partial charge >= 0.3 is 0 Å². The average Bonchev–Trinajstić information content (AvgIpc) is 2.16. The van der Waals surface area contributed by atoms with Gasteiger partial charge in [-0.15, -0.1) is 0 Å². The number of rotatable bonds is 2. The first-order chi connectivity index (χ1) is 7.18. The van der Waals surface area contributed by atoms with Gasteiger partial charge in [0.05, 0.1) is 4.90 Å². The third kappa shape index (κ3) is 2.61. The molecule has 4 nitrogen and oxygen atoms in total. The van der Waals surface area contributed by atoms with Crippen LogP contribution in [0.1, 0.15) is 31.9 Å². The molecular weight excluding hydrogens is 226 g/mol. The highest BCUT2D eigenvalue weighted by atomic mass is 32.2. The fourth-order valence-corrected chi connectivity index (χ4v) is 2.28. The summed E-state index contributed by atoms with van der Waals surface area (Å²) in [6, 6.07) is 5.23. The number of hydrogen-bond donors (Lipinski definition) is 2. The number of benzene rings is 1. The molecule has 0 saturated carbocycles. The van der Waals surface area contributed by atoms with Crippen molar-refractivity contribution in [3.05, 3.63) is 29.3 Å². The van der Waals surface area contributed by atoms with Crippen LogP contribution in [-0.4, -0.2) is 13.6 Å². The van der Waals surface area contributed by atoms with Crippen molar-refractivity contribution in [2.45, 2.75) is 38.0 Å². The van der Waals surface area contributed by atoms with E-state index in [9.17, 15) is 8.42 Å². The summed E-state index contributed by atoms with van der Waals surface area (Å²) in [6.45, 7) is 7.69. The van der Waals surface area contributed by atoms with Gasteiger partial charge in [-0.05, 0) is 29.5 Å². The Morgan fingerprint density at radius 1 is 1.25 bits per heavy atom. The zero-order chi connectivity index (χ0) is 12.6. The van der Waals surface area contributed by atoms with Gasteiger partial charge in [0.15, 0.2) is 0 Å². The zero-order valence-electron chi connectivity index (χ0n) is 9.90. The van der Waals surface area contributed by atoms with Crippen LogP contribution >= 0.6 is 0 Å². The fourth-order valence-electron chi connectivity index (χ4n) is 1.41. The number of hydrogen-bond acceptors (Lipinski definition) is 3. The van der Waals surface area contributed by atoms with Gasteiger partial charge in [-0.2, -0.15) is 0 Å². The summed E-state index contributed by atoms with van der Waals surface area (Å²) in [4.78, 5) is 1.46. The summed E-state index contributed by atoms with van der Waals surface area (Å²) < 4.78 is 23.1. The molecule has 0 aliphatic heterocycles. The molecule has 1 aromatic carbocycles. The highest BCUT2D eigenvalue weighted by Crippen LogP contribution is 2.26. The smallest absolute Gasteiger partial charge is 0.262 e. The normalized spacial score (nSPS) is 12.8. The van der Waals surface area contributed by atoms with Gasteiger partial charge in [-0.1, -0.05) is 37.8 Å². The van der Waals surface area contributed by atoms with E-state index >= 15 is 0 Å². The zero-order valence-corrected chi connectivity index (χ0v) is 10.7. The molecule has 16 heavy (non-hydrogen) atoms. The van der Waals surface area contributed by atoms with Crippen molar-refractivity contribution in [3.63, 3.8) is 0 Å². The molecule has 0 heterocycles. The topological polar surface area (TPSA) is 66.4 Å². The number of sulfonamides is 1. The van der Waals surface area contributed by atoms with Crippen LogP contribution in [0, 0.1) is 6.92 Å². The molecule has 0 fully saturated rings. The monoisotopic (exact) mass is 243 g/mol. The Morgan fingerprint density at radius 3 is 2.25 bits per heavy atom. The van der Waals surface area contributed by atoms with Crippen LogP contribution in [0.3, 0.4) is 0 Å². The molecule has 0 radical (unpaired) electrons. The second-order valence-electron chi connectivity index (χ2n) is 4.83. The maximum absolute atomic E-state index is 11.5. The Balaban J connectivity index is 3.42. The summed E-state index contributed by atoms with van der Waals surface area (Å²) in [6.07, 6.45) is 0. The van der Waals surface area contributed by atoms with Crippen molar-refractivity contribution in [2.24, 2.45) is 0 Å². The van der Waals surface area contributed by atoms with Gasteiger partial charge in [0.25, 0.3) is 10.0 Å². The average molecular weight is 243 g/mol. The minimum Gasteiger partial charge on any atom is -0.302 e. The Hall–Kier alpha value is -0.910. The van der Waals surface area contributed by atoms with E-state index in [2.05, 4.69) is 0 Å². The SMILES string of the molecule is Cc1ccc(C(C)(C)C)cc1S(=O)(=O)NO. The molecule has 0 atom stereocenters. The first-order valence-corrected chi connectivity index (χ1v) is 6.44. The molecule has 0 aliphatic rings. The molecule has 0 unspecified atom stereocenters. The van der Waals surface area contributed by atoms with E-state index in [0.29, 0.717) is 5.56 Å². The van der Waals surface area contributed by atoms with Crippen LogP contribution in [0.2, 0.25) is 0 Å². The lowest BCUT2D eigenvalue weighted by Gasteiger charge is -2.20. The maximum atomic E-state index is 11.5. The Morgan fingerprint density at radius 2 is 1.81 bits per heavy atom. The predicted molar refractivity (Wildman–Crippen MR) is 62.0 cm³/mol. The molecule has 1 rings (SSSR count). The van der Waals surface area contributed by atoms with Gasteiger partial charge in [0, 0.05) is 0 Å². The summed E-state index contributed by atoms with van der Waals surface area (Å²) in [7, 11) is -3.81. The Bertz CT molecular complexity index is 486. The van der Waals surface area contributed by atoms with Crippen molar-refractivity contribution in [1.82, 2.24) is 4.89 Å². The molecule has 0 spiro atoms. The standard InChI is InChI=1S/C11H17NO3S/c1-8-5-6-9(11(2,3)4)7-10(8)16(14,15)12-13/h5-7,12-13H,1-4H3. The molecule has 5 heteroatoms. The summed E-state index contributed by atoms with van der Waals surface area (Å²) in [5, 5.41) is 8.63. The van der Waals surface area contributed by atoms with E-state index in [4.69, 9.17) is 5.21 Å². The third-order valence-electron chi connectivity index (χ3n) is 2.46. The highest BCUT2D eigenvalue weighted by Gasteiger charge is 2.20. The van der Waals surface area contributed by atoms with E-state index in [-0.39, 0.29) is 10.3 Å². The summed E-state index contributed by atoms with van der Waals surface area (Å²) in [5.41, 5.74) is 1.38. The van der Waals surface area contributed by atoms with Crippen LogP contribution in [0.4, 0.5) is 0 Å². The first-order valence-electron chi connectivity index (χ1n) is 4.95. The fraction of sp³-hybridized carbons (Fsp3) is 0.455. The molecule has 0 aliphatic carbocycles. The van der Waals surface area contributed by atoms with Gasteiger partial charge in [-0.25, -0.2) is 8.42 Å². The van der Waals surface area contributed by atoms with E-state index in [0.717, 1.165) is 5.56 Å². The van der Waals surface area contributed by atoms with Crippen LogP contribution in [-0.2, 0) is 15.4 Å². The second-order valence-corrected chi connectivity index (χ2v) is 6.45. The maximum Gasteiger partial charge on any atom is 0.262 e. The molecule has 90 valence electrons. The lowest BCUT2D eigenvalue weighted by Crippen LogP contribution is -2.21. The molecular formula is C11H17NO3S.